The van der Waals surface area contributed by atoms with Crippen molar-refractivity contribution in [2.45, 2.75) is 85.0 Å². The topological polar surface area (TPSA) is 230 Å². The summed E-state index contributed by atoms with van der Waals surface area (Å²) in [6.45, 7) is 10.2. The van der Waals surface area contributed by atoms with Crippen molar-refractivity contribution in [3.05, 3.63) is 0 Å². The van der Waals surface area contributed by atoms with E-state index in [4.69, 9.17) is 11.5 Å². The lowest BCUT2D eigenvalue weighted by atomic mass is 9.99. The van der Waals surface area contributed by atoms with Gasteiger partial charge in [0.1, 0.15) is 24.2 Å². The highest BCUT2D eigenvalue weighted by atomic mass is 16.3. The molecule has 38 heavy (non-hydrogen) atoms. The monoisotopic (exact) mass is 542 g/mol. The van der Waals surface area contributed by atoms with E-state index in [0.717, 1.165) is 0 Å². The van der Waals surface area contributed by atoms with E-state index in [1.165, 1.54) is 6.92 Å². The van der Waals surface area contributed by atoms with E-state index in [9.17, 15) is 29.1 Å². The van der Waals surface area contributed by atoms with Crippen molar-refractivity contribution in [1.29, 1.82) is 0 Å². The van der Waals surface area contributed by atoms with Crippen molar-refractivity contribution in [2.75, 3.05) is 19.7 Å². The van der Waals surface area contributed by atoms with Crippen molar-refractivity contribution in [3.8, 4) is 0 Å². The summed E-state index contributed by atoms with van der Waals surface area (Å²) in [6.07, 6.45) is 0.945. The molecule has 0 fully saturated rings. The van der Waals surface area contributed by atoms with Gasteiger partial charge >= 0.3 is 0 Å². The van der Waals surface area contributed by atoms with E-state index in [0.29, 0.717) is 19.4 Å². The number of nitrogens with one attached hydrogen (secondary N) is 5. The Bertz CT molecular complexity index is 829. The van der Waals surface area contributed by atoms with Gasteiger partial charge in [-0.1, -0.05) is 27.7 Å². The van der Waals surface area contributed by atoms with Crippen LogP contribution in [0.5, 0.6) is 0 Å². The number of aliphatic hydroxyl groups is 1. The Kier molecular flexibility index (Phi) is 16.3. The number of rotatable bonds is 17. The second-order valence-electron chi connectivity index (χ2n) is 9.76. The molecule has 0 spiro atoms. The van der Waals surface area contributed by atoms with Gasteiger partial charge in [-0.25, -0.2) is 0 Å². The van der Waals surface area contributed by atoms with Crippen molar-refractivity contribution in [1.82, 2.24) is 26.6 Å². The molecule has 0 unspecified atom stereocenters. The Morgan fingerprint density at radius 2 is 1.39 bits per heavy atom. The first kappa shape index (κ1) is 34.6. The van der Waals surface area contributed by atoms with E-state index in [2.05, 4.69) is 31.6 Å². The van der Waals surface area contributed by atoms with Crippen LogP contribution in [0.25, 0.3) is 0 Å². The fraction of sp³-hybridized carbons (Fsp3) is 0.750. The maximum Gasteiger partial charge on any atom is 0.245 e. The smallest absolute Gasteiger partial charge is 0.245 e. The summed E-state index contributed by atoms with van der Waals surface area (Å²) < 4.78 is 0. The van der Waals surface area contributed by atoms with Crippen LogP contribution in [0.1, 0.15) is 60.8 Å². The lowest BCUT2D eigenvalue weighted by molar-refractivity contribution is -0.136. The molecule has 0 aromatic heterocycles. The van der Waals surface area contributed by atoms with Gasteiger partial charge in [0.2, 0.25) is 29.5 Å². The largest absolute Gasteiger partial charge is 0.394 e. The standard InChI is InChI=1S/C24H46N8O6/c1-7-27-20(35)17(11-13(2)3)30-23(38)19(14(4)5)32-22(37)18(12-33)31-21(36)16(29-15(6)34)9-8-10-28-24(25)26/h13-14,16-19,33H,7-12H2,1-6H3,(H,27,35)(H,29,34)(H,30,38)(H,31,36)(H,32,37)(H4,25,26,28)/t16-,17-,18-,19-/m0/s1. The van der Waals surface area contributed by atoms with Gasteiger partial charge in [-0.3, -0.25) is 29.0 Å². The van der Waals surface area contributed by atoms with Crippen LogP contribution < -0.4 is 38.1 Å². The Morgan fingerprint density at radius 3 is 1.87 bits per heavy atom. The molecule has 0 aliphatic carbocycles. The molecule has 0 aromatic carbocycles. The van der Waals surface area contributed by atoms with Crippen molar-refractivity contribution >= 4 is 35.5 Å². The average molecular weight is 543 g/mol. The molecule has 0 heterocycles. The van der Waals surface area contributed by atoms with Crippen LogP contribution in [-0.4, -0.2) is 84.5 Å². The molecule has 0 aromatic rings. The molecule has 0 saturated heterocycles. The number of hydrogen-bond acceptors (Lipinski definition) is 7. The van der Waals surface area contributed by atoms with Gasteiger partial charge in [0, 0.05) is 20.0 Å². The lowest BCUT2D eigenvalue weighted by Gasteiger charge is -2.28. The Morgan fingerprint density at radius 1 is 0.816 bits per heavy atom. The highest BCUT2D eigenvalue weighted by Gasteiger charge is 2.32. The zero-order valence-corrected chi connectivity index (χ0v) is 23.3. The predicted molar refractivity (Wildman–Crippen MR) is 143 cm³/mol. The highest BCUT2D eigenvalue weighted by molar-refractivity contribution is 5.95. The molecule has 0 aliphatic heterocycles. The maximum absolute atomic E-state index is 13.0. The van der Waals surface area contributed by atoms with Crippen LogP contribution in [-0.2, 0) is 24.0 Å². The van der Waals surface area contributed by atoms with Crippen LogP contribution in [0.4, 0.5) is 0 Å². The predicted octanol–water partition coefficient (Wildman–Crippen LogP) is -2.17. The summed E-state index contributed by atoms with van der Waals surface area (Å²) in [7, 11) is 0. The third kappa shape index (κ3) is 13.8. The minimum absolute atomic E-state index is 0.104. The summed E-state index contributed by atoms with van der Waals surface area (Å²) in [5.74, 6) is -3.19. The average Bonchev–Trinajstić information content (AvgIpc) is 2.81. The molecule has 14 nitrogen and oxygen atoms in total. The fourth-order valence-electron chi connectivity index (χ4n) is 3.53. The number of hydrogen-bond donors (Lipinski definition) is 8. The van der Waals surface area contributed by atoms with Gasteiger partial charge in [-0.2, -0.15) is 0 Å². The first-order valence-corrected chi connectivity index (χ1v) is 12.8. The van der Waals surface area contributed by atoms with Gasteiger partial charge < -0.3 is 43.2 Å². The molecule has 4 atom stereocenters. The first-order valence-electron chi connectivity index (χ1n) is 12.8. The van der Waals surface area contributed by atoms with Gasteiger partial charge in [0.25, 0.3) is 0 Å². The quantitative estimate of drug-likeness (QED) is 0.0571. The van der Waals surface area contributed by atoms with Gasteiger partial charge in [0.15, 0.2) is 5.96 Å². The molecule has 10 N–H and O–H groups in total. The summed E-state index contributed by atoms with van der Waals surface area (Å²) >= 11 is 0. The molecule has 0 aliphatic rings. The van der Waals surface area contributed by atoms with Crippen molar-refractivity contribution in [3.63, 3.8) is 0 Å². The number of carbonyl (C=O) groups excluding carboxylic acids is 5. The first-order chi connectivity index (χ1) is 17.7. The van der Waals surface area contributed by atoms with Crippen LogP contribution in [0.2, 0.25) is 0 Å². The normalized spacial score (nSPS) is 14.0. The van der Waals surface area contributed by atoms with Gasteiger partial charge in [-0.15, -0.1) is 0 Å². The summed E-state index contributed by atoms with van der Waals surface area (Å²) in [5, 5.41) is 22.6. The number of amides is 5. The minimum Gasteiger partial charge on any atom is -0.394 e. The van der Waals surface area contributed by atoms with Crippen molar-refractivity contribution in [2.24, 2.45) is 28.3 Å². The number of likely N-dealkylation sites (N-methyl/N-ethyl adjacent to an activating group) is 1. The Labute approximate surface area is 224 Å². The van der Waals surface area contributed by atoms with E-state index in [1.54, 1.807) is 20.8 Å². The number of carbonyl (C=O) groups is 5. The second-order valence-corrected chi connectivity index (χ2v) is 9.76. The SMILES string of the molecule is CCNC(=O)[C@H](CC(C)C)NC(=O)[C@@H](NC(=O)[C@H](CO)NC(=O)[C@H](CCCN=C(N)N)NC(C)=O)C(C)C. The fourth-order valence-corrected chi connectivity index (χ4v) is 3.53. The van der Waals surface area contributed by atoms with E-state index < -0.39 is 54.4 Å². The van der Waals surface area contributed by atoms with Gasteiger partial charge in [-0.05, 0) is 38.0 Å². The summed E-state index contributed by atoms with van der Waals surface area (Å²) in [4.78, 5) is 66.6. The van der Waals surface area contributed by atoms with Crippen LogP contribution in [0.15, 0.2) is 4.99 Å². The van der Waals surface area contributed by atoms with Crippen LogP contribution in [0, 0.1) is 11.8 Å². The molecular formula is C24H46N8O6. The molecule has 5 amide bonds. The third-order valence-electron chi connectivity index (χ3n) is 5.39. The molecule has 218 valence electrons. The molecule has 14 heteroatoms. The molecule has 0 radical (unpaired) electrons. The summed E-state index contributed by atoms with van der Waals surface area (Å²) in [5.41, 5.74) is 10.6. The van der Waals surface area contributed by atoms with E-state index in [1.807, 2.05) is 13.8 Å². The second kappa shape index (κ2) is 17.9. The third-order valence-corrected chi connectivity index (χ3v) is 5.39. The number of nitrogens with zero attached hydrogens (tertiary/aromatic N) is 1. The van der Waals surface area contributed by atoms with Gasteiger partial charge in [0.05, 0.1) is 6.61 Å². The molecule has 0 rings (SSSR count). The Hall–Kier alpha value is -3.42. The number of aliphatic hydroxyl groups excluding tert-OH is 1. The summed E-state index contributed by atoms with van der Waals surface area (Å²) in [6, 6.07) is -4.21. The lowest BCUT2D eigenvalue weighted by Crippen LogP contribution is -2.60. The molecule has 0 saturated carbocycles. The molecule has 0 bridgehead atoms. The molecular weight excluding hydrogens is 496 g/mol. The van der Waals surface area contributed by atoms with Crippen molar-refractivity contribution < 1.29 is 29.1 Å². The van der Waals surface area contributed by atoms with E-state index in [-0.39, 0.29) is 36.7 Å². The highest BCUT2D eigenvalue weighted by Crippen LogP contribution is 2.08. The number of aliphatic imine (C=N–C) groups is 1. The van der Waals surface area contributed by atoms with Crippen LogP contribution in [0.3, 0.4) is 0 Å². The number of guanidine groups is 1. The van der Waals surface area contributed by atoms with E-state index >= 15 is 0 Å². The minimum atomic E-state index is -1.39. The zero-order valence-electron chi connectivity index (χ0n) is 23.3. The maximum atomic E-state index is 13.0. The zero-order chi connectivity index (χ0) is 29.4. The Balaban J connectivity index is 5.44. The number of nitrogens with two attached hydrogens (primary N) is 2. The van der Waals surface area contributed by atoms with Crippen LogP contribution >= 0.6 is 0 Å².